The Morgan fingerprint density at radius 3 is 1.84 bits per heavy atom. The average molecular weight is 581 g/mol. The summed E-state index contributed by atoms with van der Waals surface area (Å²) in [7, 11) is 0. The lowest BCUT2D eigenvalue weighted by Crippen LogP contribution is -2.11. The van der Waals surface area contributed by atoms with Crippen LogP contribution in [0.15, 0.2) is 84.9 Å². The summed E-state index contributed by atoms with van der Waals surface area (Å²) in [5.41, 5.74) is 8.79. The van der Waals surface area contributed by atoms with E-state index in [1.807, 2.05) is 48.5 Å². The van der Waals surface area contributed by atoms with Gasteiger partial charge in [0.2, 0.25) is 0 Å². The van der Waals surface area contributed by atoms with E-state index in [0.29, 0.717) is 23.3 Å². The van der Waals surface area contributed by atoms with Crippen molar-refractivity contribution in [1.29, 1.82) is 0 Å². The third-order valence-electron chi connectivity index (χ3n) is 7.07. The highest BCUT2D eigenvalue weighted by Gasteiger charge is 2.16. The predicted octanol–water partition coefficient (Wildman–Crippen LogP) is 7.94. The zero-order chi connectivity index (χ0) is 30.9. The zero-order valence-corrected chi connectivity index (χ0v) is 25.3. The van der Waals surface area contributed by atoms with Gasteiger partial charge in [0, 0.05) is 0 Å². The van der Waals surface area contributed by atoms with E-state index in [-0.39, 0.29) is 13.2 Å². The van der Waals surface area contributed by atoms with Gasteiger partial charge < -0.3 is 19.7 Å². The third kappa shape index (κ3) is 8.95. The maximum Gasteiger partial charge on any atom is 0.341 e. The van der Waals surface area contributed by atoms with E-state index in [1.165, 1.54) is 11.1 Å². The van der Waals surface area contributed by atoms with Crippen LogP contribution in [0, 0.1) is 11.8 Å². The standard InChI is InChI=1S/C37H40O6/c1-24(2)16-29-21-32(42-22-36(38)39)12-14-34(29)27-10-13-33(30(19-27)18-26-8-6-5-7-9-26)28-11-15-35(43-23-37(40)41)31(20-28)17-25(3)4/h5-15,19-21,24-25H,16-18,22-23H2,1-4H3,(H,38,39)(H,40,41). The predicted molar refractivity (Wildman–Crippen MR) is 170 cm³/mol. The van der Waals surface area contributed by atoms with E-state index < -0.39 is 11.9 Å². The second-order valence-corrected chi connectivity index (χ2v) is 11.7. The molecule has 4 aromatic carbocycles. The van der Waals surface area contributed by atoms with Crippen molar-refractivity contribution in [2.75, 3.05) is 13.2 Å². The first kappa shape index (κ1) is 31.4. The van der Waals surface area contributed by atoms with Crippen LogP contribution in [-0.2, 0) is 28.9 Å². The number of carboxylic acid groups (broad SMARTS) is 2. The number of rotatable bonds is 14. The van der Waals surface area contributed by atoms with Crippen LogP contribution in [0.1, 0.15) is 49.9 Å². The van der Waals surface area contributed by atoms with Crippen molar-refractivity contribution in [3.05, 3.63) is 107 Å². The second kappa shape index (κ2) is 14.5. The maximum atomic E-state index is 11.2. The molecule has 224 valence electrons. The number of carboxylic acids is 2. The van der Waals surface area contributed by atoms with Gasteiger partial charge in [0.1, 0.15) is 11.5 Å². The lowest BCUT2D eigenvalue weighted by Gasteiger charge is -2.18. The Morgan fingerprint density at radius 1 is 0.628 bits per heavy atom. The molecule has 4 aromatic rings. The number of hydrogen-bond donors (Lipinski definition) is 2. The smallest absolute Gasteiger partial charge is 0.341 e. The summed E-state index contributed by atoms with van der Waals surface area (Å²) >= 11 is 0. The minimum atomic E-state index is -1.01. The molecule has 0 radical (unpaired) electrons. The fraction of sp³-hybridized carbons (Fsp3) is 0.297. The quantitative estimate of drug-likeness (QED) is 0.157. The van der Waals surface area contributed by atoms with Gasteiger partial charge in [-0.25, -0.2) is 9.59 Å². The van der Waals surface area contributed by atoms with Crippen molar-refractivity contribution in [3.8, 4) is 33.8 Å². The molecule has 0 fully saturated rings. The topological polar surface area (TPSA) is 93.1 Å². The molecule has 0 aliphatic carbocycles. The minimum Gasteiger partial charge on any atom is -0.482 e. The Hall–Kier alpha value is -4.58. The molecule has 2 N–H and O–H groups in total. The van der Waals surface area contributed by atoms with Gasteiger partial charge in [0.25, 0.3) is 0 Å². The summed E-state index contributed by atoms with van der Waals surface area (Å²) in [6.45, 7) is 7.84. The third-order valence-corrected chi connectivity index (χ3v) is 7.07. The molecule has 0 unspecified atom stereocenters. The fourth-order valence-corrected chi connectivity index (χ4v) is 5.33. The molecule has 4 rings (SSSR count). The van der Waals surface area contributed by atoms with E-state index in [4.69, 9.17) is 19.7 Å². The van der Waals surface area contributed by atoms with Gasteiger partial charge in [0.05, 0.1) is 0 Å². The Labute approximate surface area is 253 Å². The first-order chi connectivity index (χ1) is 20.6. The molecule has 6 heteroatoms. The summed E-state index contributed by atoms with van der Waals surface area (Å²) in [5.74, 6) is -0.0871. The molecule has 43 heavy (non-hydrogen) atoms. The Bertz CT molecular complexity index is 1560. The number of ether oxygens (including phenoxy) is 2. The molecular formula is C37H40O6. The lowest BCUT2D eigenvalue weighted by atomic mass is 9.88. The van der Waals surface area contributed by atoms with Crippen LogP contribution in [0.4, 0.5) is 0 Å². The SMILES string of the molecule is CC(C)Cc1cc(-c2ccc(-c3ccc(OCC(=O)O)cc3CC(C)C)cc2Cc2ccccc2)ccc1OCC(=O)O. The Balaban J connectivity index is 1.81. The zero-order valence-electron chi connectivity index (χ0n) is 25.3. The van der Waals surface area contributed by atoms with Crippen molar-refractivity contribution in [2.45, 2.75) is 47.0 Å². The van der Waals surface area contributed by atoms with Crippen molar-refractivity contribution in [3.63, 3.8) is 0 Å². The number of hydrogen-bond acceptors (Lipinski definition) is 4. The molecule has 0 bridgehead atoms. The van der Waals surface area contributed by atoms with Crippen LogP contribution in [-0.4, -0.2) is 35.4 Å². The summed E-state index contributed by atoms with van der Waals surface area (Å²) < 4.78 is 11.1. The highest BCUT2D eigenvalue weighted by atomic mass is 16.5. The van der Waals surface area contributed by atoms with E-state index in [2.05, 4.69) is 64.1 Å². The van der Waals surface area contributed by atoms with Gasteiger partial charge >= 0.3 is 11.9 Å². The Kier molecular flexibility index (Phi) is 10.6. The van der Waals surface area contributed by atoms with Crippen LogP contribution in [0.5, 0.6) is 11.5 Å². The van der Waals surface area contributed by atoms with Gasteiger partial charge in [-0.1, -0.05) is 88.4 Å². The number of aliphatic carboxylic acids is 2. The monoisotopic (exact) mass is 580 g/mol. The van der Waals surface area contributed by atoms with Crippen molar-refractivity contribution < 1.29 is 29.3 Å². The molecular weight excluding hydrogens is 540 g/mol. The van der Waals surface area contributed by atoms with E-state index in [9.17, 15) is 9.59 Å². The van der Waals surface area contributed by atoms with Crippen LogP contribution in [0.25, 0.3) is 22.3 Å². The average Bonchev–Trinajstić information content (AvgIpc) is 2.95. The van der Waals surface area contributed by atoms with E-state index in [1.54, 1.807) is 0 Å². The van der Waals surface area contributed by atoms with Gasteiger partial charge in [0.15, 0.2) is 13.2 Å². The van der Waals surface area contributed by atoms with Crippen molar-refractivity contribution in [2.24, 2.45) is 11.8 Å². The molecule has 0 atom stereocenters. The fourth-order valence-electron chi connectivity index (χ4n) is 5.33. The number of carbonyl (C=O) groups is 2. The minimum absolute atomic E-state index is 0.371. The first-order valence-corrected chi connectivity index (χ1v) is 14.7. The Morgan fingerprint density at radius 2 is 1.19 bits per heavy atom. The van der Waals surface area contributed by atoms with Gasteiger partial charge in [-0.2, -0.15) is 0 Å². The van der Waals surface area contributed by atoms with Gasteiger partial charge in [-0.05, 0) is 99.9 Å². The summed E-state index contributed by atoms with van der Waals surface area (Å²) in [6, 6.07) is 28.7. The van der Waals surface area contributed by atoms with Gasteiger partial charge in [-0.15, -0.1) is 0 Å². The summed E-state index contributed by atoms with van der Waals surface area (Å²) in [6.07, 6.45) is 2.33. The molecule has 0 saturated heterocycles. The van der Waals surface area contributed by atoms with Crippen LogP contribution >= 0.6 is 0 Å². The summed E-state index contributed by atoms with van der Waals surface area (Å²) in [5, 5.41) is 18.2. The van der Waals surface area contributed by atoms with E-state index in [0.717, 1.165) is 52.6 Å². The molecule has 6 nitrogen and oxygen atoms in total. The highest BCUT2D eigenvalue weighted by Crippen LogP contribution is 2.36. The second-order valence-electron chi connectivity index (χ2n) is 11.7. The normalized spacial score (nSPS) is 11.1. The molecule has 0 saturated carbocycles. The maximum absolute atomic E-state index is 11.2. The molecule has 0 aliphatic rings. The van der Waals surface area contributed by atoms with Crippen molar-refractivity contribution >= 4 is 11.9 Å². The summed E-state index contributed by atoms with van der Waals surface area (Å²) in [4.78, 5) is 22.2. The highest BCUT2D eigenvalue weighted by molar-refractivity contribution is 5.77. The van der Waals surface area contributed by atoms with Crippen LogP contribution in [0.3, 0.4) is 0 Å². The molecule has 0 aliphatic heterocycles. The lowest BCUT2D eigenvalue weighted by molar-refractivity contribution is -0.140. The first-order valence-electron chi connectivity index (χ1n) is 14.7. The largest absolute Gasteiger partial charge is 0.482 e. The van der Waals surface area contributed by atoms with Crippen LogP contribution in [0.2, 0.25) is 0 Å². The number of benzene rings is 4. The molecule has 0 aromatic heterocycles. The molecule has 0 amide bonds. The van der Waals surface area contributed by atoms with Crippen LogP contribution < -0.4 is 9.47 Å². The van der Waals surface area contributed by atoms with Crippen molar-refractivity contribution in [1.82, 2.24) is 0 Å². The van der Waals surface area contributed by atoms with E-state index >= 15 is 0 Å². The van der Waals surface area contributed by atoms with Gasteiger partial charge in [-0.3, -0.25) is 0 Å². The molecule has 0 heterocycles. The molecule has 0 spiro atoms.